The van der Waals surface area contributed by atoms with E-state index in [9.17, 15) is 4.39 Å². The van der Waals surface area contributed by atoms with E-state index in [1.54, 1.807) is 30.0 Å². The lowest BCUT2D eigenvalue weighted by atomic mass is 10.0. The molecule has 4 aromatic heterocycles. The molecule has 36 heavy (non-hydrogen) atoms. The molecule has 8 nitrogen and oxygen atoms in total. The number of halogens is 1. The number of aromatic nitrogens is 5. The standard InChI is InChI=1S/C27H27FN8/c1-18-23(28)6-5-20-16-22(19(2)32-25-7-10-30-24-8-11-31-36(24)25)27(33-26(18)20)35-14-12-34(13-15-35)21-4-3-9-29-17-21/h3-11,16-17,19,32H,12-15H2,1-2H3. The monoisotopic (exact) mass is 482 g/mol. The molecular formula is C27H27FN8. The SMILES string of the molecule is Cc1c(F)ccc2cc(C(C)Nc3ccnc4ccnn34)c(N3CCN(c4cccnc4)CC3)nc12. The number of aryl methyl sites for hydroxylation is 1. The van der Waals surface area contributed by atoms with Gasteiger partial charge in [-0.2, -0.15) is 9.61 Å². The molecule has 1 atom stereocenters. The lowest BCUT2D eigenvalue weighted by Gasteiger charge is -2.38. The summed E-state index contributed by atoms with van der Waals surface area (Å²) in [4.78, 5) is 18.3. The van der Waals surface area contributed by atoms with Crippen LogP contribution in [0.3, 0.4) is 0 Å². The first-order chi connectivity index (χ1) is 17.6. The van der Waals surface area contributed by atoms with Crippen molar-refractivity contribution in [3.8, 4) is 0 Å². The molecule has 1 N–H and O–H groups in total. The first kappa shape index (κ1) is 22.2. The Kier molecular flexibility index (Phi) is 5.59. The number of nitrogens with zero attached hydrogens (tertiary/aromatic N) is 7. The molecule has 0 saturated carbocycles. The minimum Gasteiger partial charge on any atom is -0.367 e. The highest BCUT2D eigenvalue weighted by atomic mass is 19.1. The van der Waals surface area contributed by atoms with Crippen LogP contribution in [0.5, 0.6) is 0 Å². The predicted octanol–water partition coefficient (Wildman–Crippen LogP) is 4.62. The number of piperazine rings is 1. The minimum absolute atomic E-state index is 0.0755. The first-order valence-corrected chi connectivity index (χ1v) is 12.1. The number of hydrogen-bond acceptors (Lipinski definition) is 7. The summed E-state index contributed by atoms with van der Waals surface area (Å²) >= 11 is 0. The van der Waals surface area contributed by atoms with Gasteiger partial charge in [-0.1, -0.05) is 0 Å². The lowest BCUT2D eigenvalue weighted by Crippen LogP contribution is -2.47. The molecule has 1 aliphatic heterocycles. The van der Waals surface area contributed by atoms with Crippen LogP contribution in [-0.2, 0) is 0 Å². The van der Waals surface area contributed by atoms with Gasteiger partial charge >= 0.3 is 0 Å². The van der Waals surface area contributed by atoms with Crippen LogP contribution in [-0.4, -0.2) is 50.7 Å². The van der Waals surface area contributed by atoms with Gasteiger partial charge in [0, 0.05) is 61.2 Å². The molecule has 9 heteroatoms. The Labute approximate surface area is 208 Å². The Morgan fingerprint density at radius 1 is 0.972 bits per heavy atom. The number of benzene rings is 1. The van der Waals surface area contributed by atoms with Gasteiger partial charge in [-0.05, 0) is 50.2 Å². The molecule has 5 heterocycles. The van der Waals surface area contributed by atoms with Crippen molar-refractivity contribution in [1.29, 1.82) is 0 Å². The second-order valence-electron chi connectivity index (χ2n) is 9.13. The van der Waals surface area contributed by atoms with Crippen molar-refractivity contribution in [2.24, 2.45) is 0 Å². The van der Waals surface area contributed by atoms with Gasteiger partial charge in [-0.15, -0.1) is 0 Å². The van der Waals surface area contributed by atoms with Crippen LogP contribution >= 0.6 is 0 Å². The van der Waals surface area contributed by atoms with Crippen LogP contribution in [0.2, 0.25) is 0 Å². The smallest absolute Gasteiger partial charge is 0.157 e. The minimum atomic E-state index is -0.237. The maximum atomic E-state index is 14.4. The topological polar surface area (TPSA) is 74.5 Å². The molecule has 1 aromatic carbocycles. The van der Waals surface area contributed by atoms with Crippen LogP contribution in [0.4, 0.5) is 21.7 Å². The van der Waals surface area contributed by atoms with E-state index in [0.29, 0.717) is 11.1 Å². The van der Waals surface area contributed by atoms with E-state index >= 15 is 0 Å². The summed E-state index contributed by atoms with van der Waals surface area (Å²) in [5, 5.41) is 8.92. The van der Waals surface area contributed by atoms with Gasteiger partial charge in [0.2, 0.25) is 0 Å². The van der Waals surface area contributed by atoms with Gasteiger partial charge in [-0.3, -0.25) is 4.98 Å². The Hall–Kier alpha value is -4.27. The van der Waals surface area contributed by atoms with Crippen LogP contribution in [0.1, 0.15) is 24.1 Å². The van der Waals surface area contributed by atoms with Crippen molar-refractivity contribution in [3.63, 3.8) is 0 Å². The fourth-order valence-corrected chi connectivity index (χ4v) is 4.90. The summed E-state index contributed by atoms with van der Waals surface area (Å²) in [6.45, 7) is 7.23. The molecule has 0 bridgehead atoms. The Morgan fingerprint density at radius 2 is 1.81 bits per heavy atom. The van der Waals surface area contributed by atoms with Gasteiger partial charge in [0.1, 0.15) is 17.5 Å². The number of anilines is 3. The van der Waals surface area contributed by atoms with Gasteiger partial charge in [0.05, 0.1) is 29.6 Å². The summed E-state index contributed by atoms with van der Waals surface area (Å²) in [5.74, 6) is 1.49. The normalized spacial score (nSPS) is 15.0. The third-order valence-corrected chi connectivity index (χ3v) is 6.89. The van der Waals surface area contributed by atoms with E-state index in [0.717, 1.165) is 60.1 Å². The molecular weight excluding hydrogens is 455 g/mol. The molecule has 6 rings (SSSR count). The number of hydrogen-bond donors (Lipinski definition) is 1. The molecule has 0 radical (unpaired) electrons. The van der Waals surface area contributed by atoms with Crippen molar-refractivity contribution in [2.75, 3.05) is 41.3 Å². The zero-order chi connectivity index (χ0) is 24.6. The second-order valence-corrected chi connectivity index (χ2v) is 9.13. The number of pyridine rings is 2. The van der Waals surface area contributed by atoms with E-state index in [4.69, 9.17) is 4.98 Å². The molecule has 0 aliphatic carbocycles. The number of fused-ring (bicyclic) bond motifs is 2. The van der Waals surface area contributed by atoms with Crippen LogP contribution in [0, 0.1) is 12.7 Å². The molecule has 182 valence electrons. The van der Waals surface area contributed by atoms with E-state index in [-0.39, 0.29) is 11.9 Å². The van der Waals surface area contributed by atoms with E-state index in [1.165, 1.54) is 6.07 Å². The quantitative estimate of drug-likeness (QED) is 0.392. The summed E-state index contributed by atoms with van der Waals surface area (Å²) in [6.07, 6.45) is 7.20. The first-order valence-electron chi connectivity index (χ1n) is 12.1. The maximum Gasteiger partial charge on any atom is 0.157 e. The molecule has 5 aromatic rings. The zero-order valence-electron chi connectivity index (χ0n) is 20.3. The Morgan fingerprint density at radius 3 is 2.61 bits per heavy atom. The van der Waals surface area contributed by atoms with Gasteiger partial charge in [0.25, 0.3) is 0 Å². The van der Waals surface area contributed by atoms with Crippen LogP contribution < -0.4 is 15.1 Å². The van der Waals surface area contributed by atoms with E-state index in [2.05, 4.69) is 49.2 Å². The third-order valence-electron chi connectivity index (χ3n) is 6.89. The highest BCUT2D eigenvalue weighted by Gasteiger charge is 2.24. The Balaban J connectivity index is 1.36. The molecule has 1 aliphatic rings. The average Bonchev–Trinajstić information content (AvgIpc) is 3.41. The van der Waals surface area contributed by atoms with Crippen molar-refractivity contribution < 1.29 is 4.39 Å². The number of rotatable bonds is 5. The van der Waals surface area contributed by atoms with Crippen LogP contribution in [0.25, 0.3) is 16.6 Å². The van der Waals surface area contributed by atoms with E-state index < -0.39 is 0 Å². The molecule has 1 fully saturated rings. The predicted molar refractivity (Wildman–Crippen MR) is 140 cm³/mol. The molecule has 0 amide bonds. The van der Waals surface area contributed by atoms with Crippen molar-refractivity contribution in [3.05, 3.63) is 84.2 Å². The summed E-state index contributed by atoms with van der Waals surface area (Å²) < 4.78 is 16.2. The lowest BCUT2D eigenvalue weighted by molar-refractivity contribution is 0.620. The maximum absolute atomic E-state index is 14.4. The van der Waals surface area contributed by atoms with E-state index in [1.807, 2.05) is 30.5 Å². The average molecular weight is 483 g/mol. The third kappa shape index (κ3) is 3.96. The summed E-state index contributed by atoms with van der Waals surface area (Å²) in [7, 11) is 0. The van der Waals surface area contributed by atoms with Crippen molar-refractivity contribution in [1.82, 2.24) is 24.6 Å². The molecule has 1 saturated heterocycles. The summed E-state index contributed by atoms with van der Waals surface area (Å²) in [5.41, 5.74) is 4.23. The van der Waals surface area contributed by atoms with Crippen LogP contribution in [0.15, 0.2) is 67.3 Å². The van der Waals surface area contributed by atoms with Gasteiger partial charge in [0.15, 0.2) is 5.65 Å². The molecule has 0 spiro atoms. The highest BCUT2D eigenvalue weighted by Crippen LogP contribution is 2.33. The van der Waals surface area contributed by atoms with Crippen molar-refractivity contribution in [2.45, 2.75) is 19.9 Å². The van der Waals surface area contributed by atoms with Crippen molar-refractivity contribution >= 4 is 33.9 Å². The Bertz CT molecular complexity index is 1530. The van der Waals surface area contributed by atoms with Gasteiger partial charge in [-0.25, -0.2) is 14.4 Å². The number of nitrogens with one attached hydrogen (secondary N) is 1. The second kappa shape index (κ2) is 9.07. The fourth-order valence-electron chi connectivity index (χ4n) is 4.90. The fraction of sp³-hybridized carbons (Fsp3) is 0.259. The highest BCUT2D eigenvalue weighted by molar-refractivity contribution is 5.85. The van der Waals surface area contributed by atoms with Gasteiger partial charge < -0.3 is 15.1 Å². The zero-order valence-corrected chi connectivity index (χ0v) is 20.3. The summed E-state index contributed by atoms with van der Waals surface area (Å²) in [6, 6.07) is 13.2. The largest absolute Gasteiger partial charge is 0.367 e. The molecule has 1 unspecified atom stereocenters.